The molecule has 1 fully saturated rings. The predicted molar refractivity (Wildman–Crippen MR) is 65.1 cm³/mol. The van der Waals surface area contributed by atoms with E-state index in [2.05, 4.69) is 26.2 Å². The van der Waals surface area contributed by atoms with Crippen molar-refractivity contribution in [2.75, 3.05) is 13.2 Å². The van der Waals surface area contributed by atoms with Gasteiger partial charge in [-0.25, -0.2) is 4.98 Å². The summed E-state index contributed by atoms with van der Waals surface area (Å²) in [5, 5.41) is 11.6. The lowest BCUT2D eigenvalue weighted by Gasteiger charge is -2.15. The summed E-state index contributed by atoms with van der Waals surface area (Å²) in [5.74, 6) is -2.08. The monoisotopic (exact) mass is 314 g/mol. The highest BCUT2D eigenvalue weighted by molar-refractivity contribution is 9.10. The molecule has 6 nitrogen and oxygen atoms in total. The van der Waals surface area contributed by atoms with Gasteiger partial charge in [-0.3, -0.25) is 9.59 Å². The average molecular weight is 315 g/mol. The van der Waals surface area contributed by atoms with Gasteiger partial charge in [0, 0.05) is 0 Å². The molecule has 0 saturated carbocycles. The van der Waals surface area contributed by atoms with Gasteiger partial charge < -0.3 is 15.2 Å². The van der Waals surface area contributed by atoms with Crippen LogP contribution in [0.2, 0.25) is 0 Å². The molecule has 18 heavy (non-hydrogen) atoms. The topological polar surface area (TPSA) is 88.5 Å². The minimum Gasteiger partial charge on any atom is -0.481 e. The van der Waals surface area contributed by atoms with Gasteiger partial charge in [0.25, 0.3) is 5.91 Å². The third-order valence-corrected chi connectivity index (χ3v) is 3.10. The van der Waals surface area contributed by atoms with Crippen molar-refractivity contribution < 1.29 is 19.4 Å². The fourth-order valence-electron chi connectivity index (χ4n) is 1.72. The number of rotatable bonds is 3. The van der Waals surface area contributed by atoms with Gasteiger partial charge in [0.05, 0.1) is 19.3 Å². The van der Waals surface area contributed by atoms with E-state index < -0.39 is 23.8 Å². The molecule has 1 aromatic heterocycles. The molecule has 2 unspecified atom stereocenters. The first kappa shape index (κ1) is 13.0. The Labute approximate surface area is 111 Å². The largest absolute Gasteiger partial charge is 0.481 e. The summed E-state index contributed by atoms with van der Waals surface area (Å²) in [6.07, 6.45) is 0. The molecular weight excluding hydrogens is 304 g/mol. The van der Waals surface area contributed by atoms with Crippen LogP contribution in [0.15, 0.2) is 22.8 Å². The second kappa shape index (κ2) is 5.45. The Hall–Kier alpha value is -1.47. The molecule has 2 N–H and O–H groups in total. The lowest BCUT2D eigenvalue weighted by molar-refractivity contribution is -0.142. The van der Waals surface area contributed by atoms with Crippen LogP contribution in [0.3, 0.4) is 0 Å². The van der Waals surface area contributed by atoms with Crippen molar-refractivity contribution in [3.05, 3.63) is 28.5 Å². The first-order chi connectivity index (χ1) is 8.58. The molecule has 96 valence electrons. The first-order valence-electron chi connectivity index (χ1n) is 5.32. The third kappa shape index (κ3) is 2.85. The molecular formula is C11H11BrN2O4. The number of nitrogens with zero attached hydrogens (tertiary/aromatic N) is 1. The van der Waals surface area contributed by atoms with E-state index in [1.807, 2.05) is 0 Å². The van der Waals surface area contributed by atoms with Crippen molar-refractivity contribution >= 4 is 27.8 Å². The molecule has 1 aromatic rings. The molecule has 1 aliphatic heterocycles. The number of aliphatic carboxylic acids is 1. The molecule has 7 heteroatoms. The third-order valence-electron chi connectivity index (χ3n) is 2.66. The zero-order chi connectivity index (χ0) is 13.1. The van der Waals surface area contributed by atoms with Gasteiger partial charge in [0.15, 0.2) is 0 Å². The summed E-state index contributed by atoms with van der Waals surface area (Å²) in [6, 6.07) is 4.43. The van der Waals surface area contributed by atoms with E-state index in [9.17, 15) is 9.59 Å². The van der Waals surface area contributed by atoms with Gasteiger partial charge in [-0.05, 0) is 28.1 Å². The first-order valence-corrected chi connectivity index (χ1v) is 6.11. The number of carboxylic acids is 1. The fraction of sp³-hybridized carbons (Fsp3) is 0.364. The fourth-order valence-corrected chi connectivity index (χ4v) is 2.06. The highest BCUT2D eigenvalue weighted by Crippen LogP contribution is 2.14. The van der Waals surface area contributed by atoms with Crippen molar-refractivity contribution in [1.29, 1.82) is 0 Å². The number of carbonyl (C=O) groups is 2. The Morgan fingerprint density at radius 2 is 2.22 bits per heavy atom. The summed E-state index contributed by atoms with van der Waals surface area (Å²) >= 11 is 3.17. The summed E-state index contributed by atoms with van der Waals surface area (Å²) in [5.41, 5.74) is 0.236. The molecule has 2 heterocycles. The number of carbonyl (C=O) groups excluding carboxylic acids is 1. The summed E-state index contributed by atoms with van der Waals surface area (Å²) in [6.45, 7) is 0.322. The molecule has 1 saturated heterocycles. The van der Waals surface area contributed by atoms with Crippen LogP contribution in [0.5, 0.6) is 0 Å². The minimum atomic E-state index is -0.972. The van der Waals surface area contributed by atoms with E-state index in [0.29, 0.717) is 4.60 Å². The van der Waals surface area contributed by atoms with Crippen LogP contribution in [0.4, 0.5) is 0 Å². The van der Waals surface area contributed by atoms with Crippen LogP contribution in [0, 0.1) is 5.92 Å². The van der Waals surface area contributed by atoms with E-state index in [1.165, 1.54) is 0 Å². The van der Waals surface area contributed by atoms with E-state index in [0.717, 1.165) is 0 Å². The molecule has 0 aromatic carbocycles. The van der Waals surface area contributed by atoms with Gasteiger partial charge >= 0.3 is 5.97 Å². The minimum absolute atomic E-state index is 0.117. The maximum absolute atomic E-state index is 11.9. The molecule has 0 spiro atoms. The number of carboxylic acid groups (broad SMARTS) is 1. The van der Waals surface area contributed by atoms with E-state index >= 15 is 0 Å². The maximum Gasteiger partial charge on any atom is 0.311 e. The van der Waals surface area contributed by atoms with Gasteiger partial charge in [0.2, 0.25) is 0 Å². The Morgan fingerprint density at radius 1 is 1.44 bits per heavy atom. The van der Waals surface area contributed by atoms with Crippen LogP contribution < -0.4 is 5.32 Å². The Morgan fingerprint density at radius 3 is 2.89 bits per heavy atom. The van der Waals surface area contributed by atoms with E-state index in [-0.39, 0.29) is 18.9 Å². The maximum atomic E-state index is 11.9. The second-order valence-corrected chi connectivity index (χ2v) is 4.72. The van der Waals surface area contributed by atoms with Crippen molar-refractivity contribution in [3.63, 3.8) is 0 Å². The van der Waals surface area contributed by atoms with Crippen molar-refractivity contribution in [2.45, 2.75) is 6.04 Å². The number of halogens is 1. The van der Waals surface area contributed by atoms with Crippen molar-refractivity contribution in [1.82, 2.24) is 10.3 Å². The smallest absolute Gasteiger partial charge is 0.311 e. The Bertz CT molecular complexity index is 480. The number of ether oxygens (including phenoxy) is 1. The van der Waals surface area contributed by atoms with E-state index in [4.69, 9.17) is 9.84 Å². The number of hydrogen-bond acceptors (Lipinski definition) is 4. The molecule has 0 bridgehead atoms. The Kier molecular flexibility index (Phi) is 3.93. The molecule has 1 aliphatic rings. The molecule has 0 aliphatic carbocycles. The molecule has 1 amide bonds. The molecule has 2 rings (SSSR count). The van der Waals surface area contributed by atoms with Crippen LogP contribution in [0.25, 0.3) is 0 Å². The number of aromatic nitrogens is 1. The number of nitrogens with one attached hydrogen (secondary N) is 1. The standard InChI is InChI=1S/C11H11BrN2O4/c12-9-3-1-2-7(13-9)10(15)14-8-5-18-4-6(8)11(16)17/h1-3,6,8H,4-5H2,(H,14,15)(H,16,17). The van der Waals surface area contributed by atoms with E-state index in [1.54, 1.807) is 18.2 Å². The molecule has 2 atom stereocenters. The highest BCUT2D eigenvalue weighted by atomic mass is 79.9. The van der Waals surface area contributed by atoms with Gasteiger partial charge in [-0.1, -0.05) is 6.07 Å². The quantitative estimate of drug-likeness (QED) is 0.801. The van der Waals surface area contributed by atoms with Crippen LogP contribution in [-0.4, -0.2) is 41.2 Å². The normalized spacial score (nSPS) is 22.7. The number of amides is 1. The average Bonchev–Trinajstić information content (AvgIpc) is 2.77. The van der Waals surface area contributed by atoms with Crippen LogP contribution in [0.1, 0.15) is 10.5 Å². The predicted octanol–water partition coefficient (Wildman–Crippen LogP) is 0.673. The van der Waals surface area contributed by atoms with Gasteiger partial charge in [-0.2, -0.15) is 0 Å². The zero-order valence-corrected chi connectivity index (χ0v) is 10.9. The highest BCUT2D eigenvalue weighted by Gasteiger charge is 2.35. The molecule has 0 radical (unpaired) electrons. The van der Waals surface area contributed by atoms with Crippen LogP contribution >= 0.6 is 15.9 Å². The second-order valence-electron chi connectivity index (χ2n) is 3.91. The Balaban J connectivity index is 2.05. The SMILES string of the molecule is O=C(NC1COCC1C(=O)O)c1cccc(Br)n1. The van der Waals surface area contributed by atoms with Crippen molar-refractivity contribution in [2.24, 2.45) is 5.92 Å². The summed E-state index contributed by atoms with van der Waals surface area (Å²) in [7, 11) is 0. The lowest BCUT2D eigenvalue weighted by Crippen LogP contribution is -2.42. The van der Waals surface area contributed by atoms with Crippen LogP contribution in [-0.2, 0) is 9.53 Å². The van der Waals surface area contributed by atoms with Gasteiger partial charge in [0.1, 0.15) is 16.2 Å². The zero-order valence-electron chi connectivity index (χ0n) is 9.30. The van der Waals surface area contributed by atoms with Crippen molar-refractivity contribution in [3.8, 4) is 0 Å². The summed E-state index contributed by atoms with van der Waals surface area (Å²) < 4.78 is 5.61. The lowest BCUT2D eigenvalue weighted by atomic mass is 10.0. The number of hydrogen-bond donors (Lipinski definition) is 2. The van der Waals surface area contributed by atoms with Gasteiger partial charge in [-0.15, -0.1) is 0 Å². The number of pyridine rings is 1. The summed E-state index contributed by atoms with van der Waals surface area (Å²) in [4.78, 5) is 26.8.